The van der Waals surface area contributed by atoms with Crippen LogP contribution in [0.15, 0.2) is 48.8 Å². The van der Waals surface area contributed by atoms with E-state index in [0.717, 1.165) is 30.0 Å². The van der Waals surface area contributed by atoms with Crippen molar-refractivity contribution in [3.05, 3.63) is 48.8 Å². The van der Waals surface area contributed by atoms with Gasteiger partial charge in [0.25, 0.3) is 0 Å². The fourth-order valence-corrected chi connectivity index (χ4v) is 4.39. The number of benzene rings is 1. The predicted octanol–water partition coefficient (Wildman–Crippen LogP) is 3.23. The molecule has 3 N–H and O–H groups in total. The molecule has 22 heavy (non-hydrogen) atoms. The van der Waals surface area contributed by atoms with Crippen LogP contribution in [-0.2, 0) is 0 Å². The van der Waals surface area contributed by atoms with Crippen LogP contribution >= 0.6 is 11.0 Å². The second-order valence-electron chi connectivity index (χ2n) is 5.04. The number of anilines is 3. The summed E-state index contributed by atoms with van der Waals surface area (Å²) < 4.78 is 24.9. The van der Waals surface area contributed by atoms with E-state index >= 15 is 0 Å². The van der Waals surface area contributed by atoms with Crippen molar-refractivity contribution in [2.45, 2.75) is 6.42 Å². The topological polar surface area (TPSA) is 71.9 Å². The van der Waals surface area contributed by atoms with Gasteiger partial charge in [0.2, 0.25) is 0 Å². The van der Waals surface area contributed by atoms with Crippen LogP contribution in [0, 0.1) is 0 Å². The third-order valence-corrected chi connectivity index (χ3v) is 5.45. The molecule has 0 saturated heterocycles. The van der Waals surface area contributed by atoms with Gasteiger partial charge in [0.05, 0.1) is 17.6 Å². The van der Waals surface area contributed by atoms with E-state index in [-0.39, 0.29) is 0 Å². The van der Waals surface area contributed by atoms with Gasteiger partial charge >= 0.3 is 0 Å². The average Bonchev–Trinajstić information content (AvgIpc) is 2.75. The Morgan fingerprint density at radius 2 is 1.91 bits per heavy atom. The van der Waals surface area contributed by atoms with E-state index < -0.39 is 11.0 Å². The maximum Gasteiger partial charge on any atom is 0.108 e. The zero-order valence-electron chi connectivity index (χ0n) is 12.4. The Balaban J connectivity index is 2.01. The van der Waals surface area contributed by atoms with Crippen LogP contribution in [0.2, 0.25) is 0 Å². The zero-order valence-corrected chi connectivity index (χ0v) is 13.2. The molecule has 0 bridgehead atoms. The number of pyridine rings is 1. The number of aromatic nitrogens is 1. The minimum atomic E-state index is -3.12. The SMILES string of the molecule is CNCCCN1c2ccncc2N(c2ccccc2)S1(O)O. The molecule has 0 radical (unpaired) electrons. The molecule has 0 fully saturated rings. The number of rotatable bonds is 5. The highest BCUT2D eigenvalue weighted by Gasteiger charge is 2.41. The zero-order chi connectivity index (χ0) is 15.6. The average molecular weight is 320 g/mol. The van der Waals surface area contributed by atoms with Crippen molar-refractivity contribution in [3.63, 3.8) is 0 Å². The molecule has 0 saturated carbocycles. The lowest BCUT2D eigenvalue weighted by atomic mass is 10.2. The van der Waals surface area contributed by atoms with Gasteiger partial charge in [-0.05, 0) is 49.2 Å². The highest BCUT2D eigenvalue weighted by atomic mass is 32.3. The molecule has 0 unspecified atom stereocenters. The number of fused-ring (bicyclic) bond motifs is 1. The standard InChI is InChI=1S/C15H20N4O2S/c1-16-9-5-11-18-14-8-10-17-12-15(14)19(22(18,20)21)13-6-3-2-4-7-13/h2-4,6-8,10,12,16,20-21H,5,9,11H2,1H3. The lowest BCUT2D eigenvalue weighted by Gasteiger charge is -2.43. The number of nitrogens with zero attached hydrogens (tertiary/aromatic N) is 3. The van der Waals surface area contributed by atoms with Crippen LogP contribution in [0.5, 0.6) is 0 Å². The summed E-state index contributed by atoms with van der Waals surface area (Å²) in [5.74, 6) is 0. The smallest absolute Gasteiger partial charge is 0.108 e. The Bertz CT molecular complexity index is 638. The van der Waals surface area contributed by atoms with Crippen LogP contribution in [0.3, 0.4) is 0 Å². The van der Waals surface area contributed by atoms with Crippen LogP contribution in [0.25, 0.3) is 0 Å². The molecular weight excluding hydrogens is 300 g/mol. The largest absolute Gasteiger partial charge is 0.320 e. The first kappa shape index (κ1) is 15.1. The molecule has 0 aliphatic carbocycles. The van der Waals surface area contributed by atoms with Crippen molar-refractivity contribution < 1.29 is 9.11 Å². The molecule has 0 spiro atoms. The Kier molecular flexibility index (Phi) is 4.21. The number of para-hydroxylation sites is 1. The Labute approximate surface area is 132 Å². The number of nitrogens with one attached hydrogen (secondary N) is 1. The van der Waals surface area contributed by atoms with E-state index in [4.69, 9.17) is 0 Å². The van der Waals surface area contributed by atoms with E-state index in [1.807, 2.05) is 43.4 Å². The van der Waals surface area contributed by atoms with Crippen LogP contribution in [-0.4, -0.2) is 34.2 Å². The summed E-state index contributed by atoms with van der Waals surface area (Å²) in [4.78, 5) is 4.14. The van der Waals surface area contributed by atoms with Gasteiger partial charge in [-0.25, -0.2) is 4.31 Å². The maximum absolute atomic E-state index is 10.8. The van der Waals surface area contributed by atoms with E-state index in [2.05, 4.69) is 10.3 Å². The molecule has 0 amide bonds. The minimum Gasteiger partial charge on any atom is -0.320 e. The van der Waals surface area contributed by atoms with Gasteiger partial charge in [-0.1, -0.05) is 18.2 Å². The van der Waals surface area contributed by atoms with Crippen molar-refractivity contribution in [1.29, 1.82) is 0 Å². The fraction of sp³-hybridized carbons (Fsp3) is 0.267. The van der Waals surface area contributed by atoms with Gasteiger partial charge in [0.15, 0.2) is 0 Å². The lowest BCUT2D eigenvalue weighted by molar-refractivity contribution is 0.483. The van der Waals surface area contributed by atoms with Gasteiger partial charge < -0.3 is 5.32 Å². The third-order valence-electron chi connectivity index (χ3n) is 3.58. The molecule has 1 aromatic carbocycles. The summed E-state index contributed by atoms with van der Waals surface area (Å²) in [7, 11) is -1.24. The molecule has 0 atom stereocenters. The van der Waals surface area contributed by atoms with Gasteiger partial charge in [-0.15, -0.1) is 0 Å². The van der Waals surface area contributed by atoms with E-state index in [1.165, 1.54) is 0 Å². The predicted molar refractivity (Wildman–Crippen MR) is 91.6 cm³/mol. The summed E-state index contributed by atoms with van der Waals surface area (Å²) in [5.41, 5.74) is 2.26. The fourth-order valence-electron chi connectivity index (χ4n) is 2.59. The number of hydrogen-bond donors (Lipinski definition) is 3. The molecule has 1 aliphatic rings. The Morgan fingerprint density at radius 3 is 2.64 bits per heavy atom. The molecular formula is C15H20N4O2S. The van der Waals surface area contributed by atoms with Crippen LogP contribution < -0.4 is 13.9 Å². The molecule has 6 nitrogen and oxygen atoms in total. The number of hydrogen-bond acceptors (Lipinski definition) is 6. The molecule has 2 aromatic rings. The van der Waals surface area contributed by atoms with Gasteiger partial charge in [0.1, 0.15) is 5.69 Å². The van der Waals surface area contributed by atoms with Crippen LogP contribution in [0.1, 0.15) is 6.42 Å². The highest BCUT2D eigenvalue weighted by Crippen LogP contribution is 2.63. The van der Waals surface area contributed by atoms with E-state index in [0.29, 0.717) is 6.54 Å². The second kappa shape index (κ2) is 6.13. The maximum atomic E-state index is 10.8. The first-order valence-electron chi connectivity index (χ1n) is 7.16. The molecule has 2 heterocycles. The van der Waals surface area contributed by atoms with Crippen LogP contribution in [0.4, 0.5) is 17.1 Å². The van der Waals surface area contributed by atoms with Crippen molar-refractivity contribution >= 4 is 28.0 Å². The molecule has 1 aromatic heterocycles. The summed E-state index contributed by atoms with van der Waals surface area (Å²) in [6, 6.07) is 11.2. The van der Waals surface area contributed by atoms with Crippen molar-refractivity contribution in [1.82, 2.24) is 10.3 Å². The van der Waals surface area contributed by atoms with Crippen molar-refractivity contribution in [2.75, 3.05) is 28.7 Å². The minimum absolute atomic E-state index is 0.559. The first-order valence-corrected chi connectivity index (χ1v) is 8.62. The quantitative estimate of drug-likeness (QED) is 0.735. The Morgan fingerprint density at radius 1 is 1.14 bits per heavy atom. The third kappa shape index (κ3) is 2.52. The summed E-state index contributed by atoms with van der Waals surface area (Å²) in [6.07, 6.45) is 4.17. The lowest BCUT2D eigenvalue weighted by Crippen LogP contribution is -2.32. The van der Waals surface area contributed by atoms with Gasteiger partial charge in [0, 0.05) is 12.7 Å². The molecule has 118 valence electrons. The molecule has 7 heteroatoms. The van der Waals surface area contributed by atoms with Crippen molar-refractivity contribution in [3.8, 4) is 0 Å². The first-order chi connectivity index (χ1) is 10.7. The van der Waals surface area contributed by atoms with E-state index in [1.54, 1.807) is 21.0 Å². The van der Waals surface area contributed by atoms with Crippen molar-refractivity contribution in [2.24, 2.45) is 0 Å². The Hall–Kier alpha value is -1.80. The monoisotopic (exact) mass is 320 g/mol. The highest BCUT2D eigenvalue weighted by molar-refractivity contribution is 8.27. The second-order valence-corrected chi connectivity index (χ2v) is 6.83. The van der Waals surface area contributed by atoms with Gasteiger partial charge in [-0.3, -0.25) is 18.4 Å². The van der Waals surface area contributed by atoms with Gasteiger partial charge in [-0.2, -0.15) is 0 Å². The summed E-state index contributed by atoms with van der Waals surface area (Å²) in [6.45, 7) is 1.38. The molecule has 3 rings (SSSR count). The molecule has 1 aliphatic heterocycles. The van der Waals surface area contributed by atoms with E-state index in [9.17, 15) is 9.11 Å². The summed E-state index contributed by atoms with van der Waals surface area (Å²) in [5, 5.41) is 3.08. The summed E-state index contributed by atoms with van der Waals surface area (Å²) >= 11 is 0. The normalized spacial score (nSPS) is 17.4.